The predicted molar refractivity (Wildman–Crippen MR) is 136 cm³/mol. The molecule has 3 aromatic rings. The maximum absolute atomic E-state index is 13.4. The van der Waals surface area contributed by atoms with Gasteiger partial charge in [-0.3, -0.25) is 4.68 Å². The first-order valence-electron chi connectivity index (χ1n) is 11.1. The van der Waals surface area contributed by atoms with Gasteiger partial charge in [-0.1, -0.05) is 6.92 Å². The number of thioether (sulfide) groups is 1. The van der Waals surface area contributed by atoms with Crippen LogP contribution < -0.4 is 4.74 Å². The summed E-state index contributed by atoms with van der Waals surface area (Å²) in [6.07, 6.45) is -2.87. The highest BCUT2D eigenvalue weighted by Gasteiger charge is 2.38. The van der Waals surface area contributed by atoms with Crippen molar-refractivity contribution in [2.45, 2.75) is 35.5 Å². The Balaban J connectivity index is 1.72. The van der Waals surface area contributed by atoms with Crippen molar-refractivity contribution in [2.24, 2.45) is 7.05 Å². The molecule has 8 nitrogen and oxygen atoms in total. The molecular weight excluding hydrogens is 551 g/mol. The smallest absolute Gasteiger partial charge is 0.435 e. The minimum absolute atomic E-state index is 0.0336. The van der Waals surface area contributed by atoms with E-state index in [1.54, 1.807) is 19.1 Å². The number of carboxylic acids is 1. The average Bonchev–Trinajstić information content (AvgIpc) is 3.45. The molecule has 202 valence electrons. The molecule has 37 heavy (non-hydrogen) atoms. The van der Waals surface area contributed by atoms with Gasteiger partial charge in [-0.05, 0) is 49.2 Å². The monoisotopic (exact) mass is 577 g/mol. The van der Waals surface area contributed by atoms with E-state index in [2.05, 4.69) is 5.10 Å². The second-order valence-corrected chi connectivity index (χ2v) is 12.5. The third-order valence-corrected chi connectivity index (χ3v) is 9.58. The van der Waals surface area contributed by atoms with Gasteiger partial charge in [-0.25, -0.2) is 13.2 Å². The molecule has 1 N–H and O–H groups in total. The summed E-state index contributed by atoms with van der Waals surface area (Å²) in [5.41, 5.74) is -0.466. The summed E-state index contributed by atoms with van der Waals surface area (Å²) in [7, 11) is -2.54. The quantitative estimate of drug-likeness (QED) is 0.298. The van der Waals surface area contributed by atoms with E-state index in [9.17, 15) is 26.4 Å². The fraction of sp³-hybridized carbons (Fsp3) is 0.391. The van der Waals surface area contributed by atoms with Gasteiger partial charge in [0.2, 0.25) is 0 Å². The van der Waals surface area contributed by atoms with Crippen molar-refractivity contribution < 1.29 is 36.2 Å². The SMILES string of the molecule is CCCN(CCSc1ccc(OCC(=O)O)c(C)c1)S(=O)(=O)c1ccc(-c2cn(C)nc2C(F)(F)F)s1. The van der Waals surface area contributed by atoms with Crippen LogP contribution >= 0.6 is 23.1 Å². The van der Waals surface area contributed by atoms with Crippen LogP contribution in [0.2, 0.25) is 0 Å². The second kappa shape index (κ2) is 11.9. The molecule has 0 aliphatic carbocycles. The predicted octanol–water partition coefficient (Wildman–Crippen LogP) is 5.13. The molecule has 0 radical (unpaired) electrons. The van der Waals surface area contributed by atoms with E-state index in [4.69, 9.17) is 9.84 Å². The maximum Gasteiger partial charge on any atom is 0.435 e. The number of ether oxygens (including phenoxy) is 1. The number of alkyl halides is 3. The Morgan fingerprint density at radius 2 is 1.97 bits per heavy atom. The molecule has 2 aromatic heterocycles. The lowest BCUT2D eigenvalue weighted by molar-refractivity contribution is -0.141. The molecule has 0 bridgehead atoms. The first-order valence-corrected chi connectivity index (χ1v) is 14.4. The summed E-state index contributed by atoms with van der Waals surface area (Å²) in [4.78, 5) is 11.7. The van der Waals surface area contributed by atoms with Crippen LogP contribution in [0.1, 0.15) is 24.6 Å². The van der Waals surface area contributed by atoms with E-state index in [0.29, 0.717) is 17.9 Å². The summed E-state index contributed by atoms with van der Waals surface area (Å²) in [5.74, 6) is -0.181. The molecule has 0 saturated heterocycles. The van der Waals surface area contributed by atoms with Crippen molar-refractivity contribution in [1.29, 1.82) is 0 Å². The van der Waals surface area contributed by atoms with E-state index in [1.165, 1.54) is 41.4 Å². The summed E-state index contributed by atoms with van der Waals surface area (Å²) in [5, 5.41) is 12.2. The molecule has 0 saturated carbocycles. The van der Waals surface area contributed by atoms with Gasteiger partial charge in [0, 0.05) is 47.4 Å². The highest BCUT2D eigenvalue weighted by atomic mass is 32.2. The van der Waals surface area contributed by atoms with E-state index < -0.39 is 34.5 Å². The Bertz CT molecular complexity index is 1350. The lowest BCUT2D eigenvalue weighted by Crippen LogP contribution is -2.33. The van der Waals surface area contributed by atoms with Crippen LogP contribution in [0.3, 0.4) is 0 Å². The van der Waals surface area contributed by atoms with Gasteiger partial charge < -0.3 is 9.84 Å². The van der Waals surface area contributed by atoms with Gasteiger partial charge in [0.1, 0.15) is 9.96 Å². The van der Waals surface area contributed by atoms with Crippen LogP contribution in [0.15, 0.2) is 45.6 Å². The molecule has 0 spiro atoms. The number of halogens is 3. The summed E-state index contributed by atoms with van der Waals surface area (Å²) in [6.45, 7) is 3.65. The van der Waals surface area contributed by atoms with Crippen LogP contribution in [0.4, 0.5) is 13.2 Å². The molecule has 0 fully saturated rings. The number of hydrogen-bond donors (Lipinski definition) is 1. The third-order valence-electron chi connectivity index (χ3n) is 5.12. The Labute approximate surface area is 221 Å². The molecule has 0 amide bonds. The lowest BCUT2D eigenvalue weighted by Gasteiger charge is -2.20. The number of carboxylic acid groups (broad SMARTS) is 1. The largest absolute Gasteiger partial charge is 0.482 e. The van der Waals surface area contributed by atoms with Gasteiger partial charge in [0.15, 0.2) is 12.3 Å². The molecule has 0 atom stereocenters. The van der Waals surface area contributed by atoms with Crippen LogP contribution in [0.25, 0.3) is 10.4 Å². The molecule has 0 aliphatic heterocycles. The zero-order chi connectivity index (χ0) is 27.4. The Kier molecular flexibility index (Phi) is 9.32. The molecular formula is C23H26F3N3O5S3. The van der Waals surface area contributed by atoms with Gasteiger partial charge in [-0.15, -0.1) is 23.1 Å². The van der Waals surface area contributed by atoms with Crippen molar-refractivity contribution in [3.63, 3.8) is 0 Å². The van der Waals surface area contributed by atoms with E-state index in [0.717, 1.165) is 26.5 Å². The first-order chi connectivity index (χ1) is 17.3. The number of hydrogen-bond acceptors (Lipinski definition) is 7. The number of thiophene rings is 1. The fourth-order valence-corrected chi connectivity index (χ4v) is 7.58. The number of nitrogens with zero attached hydrogens (tertiary/aromatic N) is 3. The second-order valence-electron chi connectivity index (χ2n) is 8.04. The zero-order valence-electron chi connectivity index (χ0n) is 20.3. The number of carbonyl (C=O) groups is 1. The van der Waals surface area contributed by atoms with Crippen molar-refractivity contribution in [3.8, 4) is 16.2 Å². The molecule has 3 rings (SSSR count). The Hall–Kier alpha value is -2.55. The van der Waals surface area contributed by atoms with Gasteiger partial charge in [-0.2, -0.15) is 22.6 Å². The number of aliphatic carboxylic acids is 1. The first kappa shape index (κ1) is 29.0. The van der Waals surface area contributed by atoms with Crippen LogP contribution in [-0.4, -0.2) is 59.0 Å². The molecule has 0 unspecified atom stereocenters. The van der Waals surface area contributed by atoms with Gasteiger partial charge in [0.05, 0.1) is 0 Å². The summed E-state index contributed by atoms with van der Waals surface area (Å²) < 4.78 is 74.4. The number of aromatic nitrogens is 2. The summed E-state index contributed by atoms with van der Waals surface area (Å²) >= 11 is 2.22. The Morgan fingerprint density at radius 3 is 2.59 bits per heavy atom. The molecule has 2 heterocycles. The van der Waals surface area contributed by atoms with Crippen LogP contribution in [0, 0.1) is 6.92 Å². The maximum atomic E-state index is 13.4. The lowest BCUT2D eigenvalue weighted by atomic mass is 10.2. The summed E-state index contributed by atoms with van der Waals surface area (Å²) in [6, 6.07) is 7.97. The van der Waals surface area contributed by atoms with Crippen LogP contribution in [0.5, 0.6) is 5.75 Å². The number of benzene rings is 1. The Morgan fingerprint density at radius 1 is 1.24 bits per heavy atom. The topological polar surface area (TPSA) is 102 Å². The van der Waals surface area contributed by atoms with E-state index in [-0.39, 0.29) is 27.7 Å². The average molecular weight is 578 g/mol. The van der Waals surface area contributed by atoms with Gasteiger partial charge in [0.25, 0.3) is 10.0 Å². The number of aryl methyl sites for hydroxylation is 2. The molecule has 0 aliphatic rings. The standard InChI is InChI=1S/C23H26F3N3O5S3/c1-4-9-29(10-11-35-16-5-6-18(15(2)12-16)34-14-20(30)31)37(32,33)21-8-7-19(36-21)17-13-28(3)27-22(17)23(24,25)26/h5-8,12-13H,4,9-11,14H2,1-3H3,(H,30,31). The minimum Gasteiger partial charge on any atom is -0.482 e. The highest BCUT2D eigenvalue weighted by Crippen LogP contribution is 2.40. The normalized spacial score (nSPS) is 12.3. The van der Waals surface area contributed by atoms with E-state index in [1.807, 2.05) is 13.0 Å². The fourth-order valence-electron chi connectivity index (χ4n) is 3.49. The molecule has 14 heteroatoms. The van der Waals surface area contributed by atoms with Crippen LogP contribution in [-0.2, 0) is 28.0 Å². The van der Waals surface area contributed by atoms with Crippen molar-refractivity contribution in [1.82, 2.24) is 14.1 Å². The van der Waals surface area contributed by atoms with Crippen molar-refractivity contribution >= 4 is 39.1 Å². The van der Waals surface area contributed by atoms with Crippen molar-refractivity contribution in [2.75, 3.05) is 25.4 Å². The van der Waals surface area contributed by atoms with E-state index >= 15 is 0 Å². The minimum atomic E-state index is -4.66. The number of sulfonamides is 1. The van der Waals surface area contributed by atoms with Gasteiger partial charge >= 0.3 is 12.1 Å². The highest BCUT2D eigenvalue weighted by molar-refractivity contribution is 7.99. The van der Waals surface area contributed by atoms with Crippen molar-refractivity contribution in [3.05, 3.63) is 47.8 Å². The number of rotatable bonds is 12. The third kappa shape index (κ3) is 7.27. The molecule has 1 aromatic carbocycles. The zero-order valence-corrected chi connectivity index (χ0v) is 22.7.